The van der Waals surface area contributed by atoms with Crippen LogP contribution in [0.4, 0.5) is 0 Å². The van der Waals surface area contributed by atoms with Crippen molar-refractivity contribution >= 4 is 15.9 Å². The first-order valence-corrected chi connectivity index (χ1v) is 8.08. The van der Waals surface area contributed by atoms with E-state index in [2.05, 4.69) is 40.8 Å². The molecule has 2 N–H and O–H groups in total. The standard InChI is InChI=1S/C17H20BrN3/c1-17(2)8-14(19)12-10-20-16(21-15(12)9-17)7-11-5-3-4-6-13(11)18/h3-6,10,14H,7-9,19H2,1-2H3. The molecule has 0 spiro atoms. The highest BCUT2D eigenvalue weighted by molar-refractivity contribution is 9.10. The summed E-state index contributed by atoms with van der Waals surface area (Å²) >= 11 is 3.58. The molecule has 3 rings (SSSR count). The largest absolute Gasteiger partial charge is 0.324 e. The Hall–Kier alpha value is -1.26. The van der Waals surface area contributed by atoms with E-state index in [1.54, 1.807) is 0 Å². The Morgan fingerprint density at radius 1 is 1.33 bits per heavy atom. The van der Waals surface area contributed by atoms with Gasteiger partial charge in [-0.15, -0.1) is 0 Å². The minimum absolute atomic E-state index is 0.0567. The molecule has 21 heavy (non-hydrogen) atoms. The number of halogens is 1. The predicted octanol–water partition coefficient (Wildman–Crippen LogP) is 3.80. The van der Waals surface area contributed by atoms with E-state index in [0.29, 0.717) is 0 Å². The third kappa shape index (κ3) is 3.16. The maximum absolute atomic E-state index is 6.26. The van der Waals surface area contributed by atoms with Gasteiger partial charge in [-0.25, -0.2) is 9.97 Å². The number of nitrogens with two attached hydrogens (primary N) is 1. The molecule has 1 unspecified atom stereocenters. The summed E-state index contributed by atoms with van der Waals surface area (Å²) in [5.74, 6) is 0.866. The lowest BCUT2D eigenvalue weighted by molar-refractivity contribution is 0.277. The van der Waals surface area contributed by atoms with Gasteiger partial charge in [-0.2, -0.15) is 0 Å². The molecule has 2 aromatic rings. The average Bonchev–Trinajstić information content (AvgIpc) is 2.39. The fourth-order valence-electron chi connectivity index (χ4n) is 3.05. The van der Waals surface area contributed by atoms with E-state index < -0.39 is 0 Å². The smallest absolute Gasteiger partial charge is 0.132 e. The number of aromatic nitrogens is 2. The van der Waals surface area contributed by atoms with E-state index in [-0.39, 0.29) is 11.5 Å². The molecule has 4 heteroatoms. The molecular formula is C17H20BrN3. The van der Waals surface area contributed by atoms with Gasteiger partial charge in [0.05, 0.1) is 0 Å². The van der Waals surface area contributed by atoms with E-state index in [1.807, 2.05) is 24.4 Å². The van der Waals surface area contributed by atoms with E-state index >= 15 is 0 Å². The first kappa shape index (κ1) is 14.7. The lowest BCUT2D eigenvalue weighted by Gasteiger charge is -2.34. The molecule has 0 saturated carbocycles. The molecule has 0 radical (unpaired) electrons. The van der Waals surface area contributed by atoms with Crippen LogP contribution in [0.2, 0.25) is 0 Å². The Morgan fingerprint density at radius 3 is 2.86 bits per heavy atom. The van der Waals surface area contributed by atoms with Gasteiger partial charge in [0.15, 0.2) is 0 Å². The van der Waals surface area contributed by atoms with Crippen molar-refractivity contribution in [2.75, 3.05) is 0 Å². The Kier molecular flexibility index (Phi) is 3.84. The van der Waals surface area contributed by atoms with E-state index in [0.717, 1.165) is 40.8 Å². The fraction of sp³-hybridized carbons (Fsp3) is 0.412. The summed E-state index contributed by atoms with van der Waals surface area (Å²) in [6, 6.07) is 8.26. The van der Waals surface area contributed by atoms with Crippen LogP contribution in [0, 0.1) is 5.41 Å². The van der Waals surface area contributed by atoms with Crippen molar-refractivity contribution in [1.82, 2.24) is 9.97 Å². The van der Waals surface area contributed by atoms with Gasteiger partial charge >= 0.3 is 0 Å². The van der Waals surface area contributed by atoms with Gasteiger partial charge in [0, 0.05) is 34.4 Å². The summed E-state index contributed by atoms with van der Waals surface area (Å²) in [6.45, 7) is 4.51. The van der Waals surface area contributed by atoms with Crippen LogP contribution in [0.5, 0.6) is 0 Å². The zero-order valence-corrected chi connectivity index (χ0v) is 14.0. The first-order chi connectivity index (χ1) is 9.94. The minimum Gasteiger partial charge on any atom is -0.324 e. The van der Waals surface area contributed by atoms with Gasteiger partial charge in [-0.3, -0.25) is 0 Å². The second kappa shape index (κ2) is 5.50. The lowest BCUT2D eigenvalue weighted by Crippen LogP contribution is -2.31. The summed E-state index contributed by atoms with van der Waals surface area (Å²) in [7, 11) is 0. The molecule has 0 fully saturated rings. The van der Waals surface area contributed by atoms with Gasteiger partial charge in [-0.05, 0) is 29.9 Å². The monoisotopic (exact) mass is 345 g/mol. The number of fused-ring (bicyclic) bond motifs is 1. The van der Waals surface area contributed by atoms with Gasteiger partial charge in [0.1, 0.15) is 5.82 Å². The van der Waals surface area contributed by atoms with Crippen LogP contribution in [0.25, 0.3) is 0 Å². The number of hydrogen-bond acceptors (Lipinski definition) is 3. The highest BCUT2D eigenvalue weighted by Crippen LogP contribution is 2.38. The molecule has 0 amide bonds. The lowest BCUT2D eigenvalue weighted by atomic mass is 9.74. The highest BCUT2D eigenvalue weighted by atomic mass is 79.9. The Morgan fingerprint density at radius 2 is 2.10 bits per heavy atom. The molecule has 1 heterocycles. The molecule has 3 nitrogen and oxygen atoms in total. The topological polar surface area (TPSA) is 51.8 Å². The van der Waals surface area contributed by atoms with Crippen molar-refractivity contribution in [3.63, 3.8) is 0 Å². The number of rotatable bonds is 2. The maximum Gasteiger partial charge on any atom is 0.132 e. The molecule has 0 aliphatic heterocycles. The van der Waals surface area contributed by atoms with Gasteiger partial charge in [0.2, 0.25) is 0 Å². The van der Waals surface area contributed by atoms with Gasteiger partial charge < -0.3 is 5.73 Å². The number of hydrogen-bond donors (Lipinski definition) is 1. The Bertz CT molecular complexity index is 667. The van der Waals surface area contributed by atoms with Crippen molar-refractivity contribution in [2.24, 2.45) is 11.1 Å². The van der Waals surface area contributed by atoms with Crippen LogP contribution < -0.4 is 5.73 Å². The van der Waals surface area contributed by atoms with Crippen LogP contribution in [-0.2, 0) is 12.8 Å². The summed E-state index contributed by atoms with van der Waals surface area (Å²) in [4.78, 5) is 9.30. The van der Waals surface area contributed by atoms with Crippen molar-refractivity contribution < 1.29 is 0 Å². The van der Waals surface area contributed by atoms with Gasteiger partial charge in [-0.1, -0.05) is 48.0 Å². The summed E-state index contributed by atoms with van der Waals surface area (Å²) in [5, 5.41) is 0. The molecule has 1 atom stereocenters. The van der Waals surface area contributed by atoms with Crippen LogP contribution in [0.1, 0.15) is 49.0 Å². The molecule has 1 aliphatic carbocycles. The molecule has 1 aromatic carbocycles. The molecule has 1 aliphatic rings. The first-order valence-electron chi connectivity index (χ1n) is 7.28. The van der Waals surface area contributed by atoms with Crippen molar-refractivity contribution in [3.05, 3.63) is 57.6 Å². The molecule has 1 aromatic heterocycles. The summed E-state index contributed by atoms with van der Waals surface area (Å²) in [5.41, 5.74) is 9.92. The van der Waals surface area contributed by atoms with Crippen molar-refractivity contribution in [3.8, 4) is 0 Å². The molecule has 110 valence electrons. The fourth-order valence-corrected chi connectivity index (χ4v) is 3.47. The SMILES string of the molecule is CC1(C)Cc2nc(Cc3ccccc3Br)ncc2C(N)C1. The third-order valence-corrected chi connectivity index (χ3v) is 4.85. The Balaban J connectivity index is 1.91. The zero-order valence-electron chi connectivity index (χ0n) is 12.4. The Labute approximate surface area is 134 Å². The predicted molar refractivity (Wildman–Crippen MR) is 88.0 cm³/mol. The van der Waals surface area contributed by atoms with Crippen molar-refractivity contribution in [2.45, 2.75) is 39.2 Å². The second-order valence-electron chi connectivity index (χ2n) is 6.61. The molecule has 0 saturated heterocycles. The van der Waals surface area contributed by atoms with Crippen LogP contribution in [-0.4, -0.2) is 9.97 Å². The summed E-state index contributed by atoms with van der Waals surface area (Å²) < 4.78 is 1.10. The third-order valence-electron chi connectivity index (χ3n) is 4.07. The van der Waals surface area contributed by atoms with E-state index in [1.165, 1.54) is 5.56 Å². The second-order valence-corrected chi connectivity index (χ2v) is 7.46. The maximum atomic E-state index is 6.26. The molecule has 0 bridgehead atoms. The summed E-state index contributed by atoms with van der Waals surface area (Å²) in [6.07, 6.45) is 4.63. The average molecular weight is 346 g/mol. The van der Waals surface area contributed by atoms with Crippen LogP contribution >= 0.6 is 15.9 Å². The van der Waals surface area contributed by atoms with E-state index in [9.17, 15) is 0 Å². The van der Waals surface area contributed by atoms with Crippen molar-refractivity contribution in [1.29, 1.82) is 0 Å². The van der Waals surface area contributed by atoms with Gasteiger partial charge in [0.25, 0.3) is 0 Å². The van der Waals surface area contributed by atoms with Crippen LogP contribution in [0.3, 0.4) is 0 Å². The zero-order chi connectivity index (χ0) is 15.0. The quantitative estimate of drug-likeness (QED) is 0.900. The van der Waals surface area contributed by atoms with Crippen LogP contribution in [0.15, 0.2) is 34.9 Å². The van der Waals surface area contributed by atoms with E-state index in [4.69, 9.17) is 10.7 Å². The molecular weight excluding hydrogens is 326 g/mol. The highest BCUT2D eigenvalue weighted by Gasteiger charge is 2.31. The minimum atomic E-state index is 0.0567. The normalized spacial score (nSPS) is 20.1. The number of nitrogens with zero attached hydrogens (tertiary/aromatic N) is 2. The number of benzene rings is 1.